The summed E-state index contributed by atoms with van der Waals surface area (Å²) in [5.41, 5.74) is 5.80. The number of rotatable bonds is 8. The third kappa shape index (κ3) is 6.54. The third-order valence-electron chi connectivity index (χ3n) is 7.02. The van der Waals surface area contributed by atoms with Crippen molar-refractivity contribution in [3.63, 3.8) is 0 Å². The number of hydrogen-bond acceptors (Lipinski definition) is 8. The highest BCUT2D eigenvalue weighted by atomic mass is 19.4. The second-order valence-corrected chi connectivity index (χ2v) is 9.82. The van der Waals surface area contributed by atoms with E-state index in [0.29, 0.717) is 49.8 Å². The Morgan fingerprint density at radius 1 is 1.28 bits per heavy atom. The lowest BCUT2D eigenvalue weighted by Crippen LogP contribution is -2.39. The van der Waals surface area contributed by atoms with Crippen molar-refractivity contribution in [1.29, 1.82) is 5.41 Å². The van der Waals surface area contributed by atoms with Crippen molar-refractivity contribution in [3.8, 4) is 17.0 Å². The summed E-state index contributed by atoms with van der Waals surface area (Å²) in [5, 5.41) is 11.9. The van der Waals surface area contributed by atoms with Crippen LogP contribution in [0.15, 0.2) is 36.2 Å². The smallest absolute Gasteiger partial charge is 0.431 e. The number of halogens is 4. The van der Waals surface area contributed by atoms with Crippen LogP contribution in [-0.4, -0.2) is 69.8 Å². The normalized spacial score (nSPS) is 15.8. The lowest BCUT2D eigenvalue weighted by molar-refractivity contribution is -0.132. The van der Waals surface area contributed by atoms with Gasteiger partial charge in [-0.25, -0.2) is 9.97 Å². The number of alkyl halides is 3. The van der Waals surface area contributed by atoms with Crippen LogP contribution in [0.25, 0.3) is 16.8 Å². The molecule has 1 aliphatic heterocycles. The van der Waals surface area contributed by atoms with Crippen molar-refractivity contribution < 1.29 is 31.9 Å². The number of carbonyl (C=O) groups excluding carboxylic acids is 2. The fraction of sp³-hybridized carbons (Fsp3) is 0.393. The summed E-state index contributed by atoms with van der Waals surface area (Å²) in [4.78, 5) is 35.7. The second kappa shape index (κ2) is 12.7. The lowest BCUT2D eigenvalue weighted by atomic mass is 9.97. The number of amidine groups is 1. The van der Waals surface area contributed by atoms with Crippen LogP contribution in [0.4, 0.5) is 23.4 Å². The molecule has 0 bridgehead atoms. The van der Waals surface area contributed by atoms with E-state index in [1.54, 1.807) is 18.7 Å². The summed E-state index contributed by atoms with van der Waals surface area (Å²) in [5.74, 6) is -2.10. The minimum Gasteiger partial charge on any atom is -0.493 e. The molecule has 1 saturated heterocycles. The molecule has 5 N–H and O–H groups in total. The number of aromatic nitrogens is 3. The summed E-state index contributed by atoms with van der Waals surface area (Å²) < 4.78 is 61.4. The predicted octanol–water partition coefficient (Wildman–Crippen LogP) is 4.00. The number of nitrogens with one attached hydrogen (secondary N) is 3. The molecule has 1 fully saturated rings. The SMILES string of the molecule is CCOc1cc(C(=O)NC(=N)/C=C(\NC)C(F)(F)F)ccc1-c1nc(C2CCCN(C(=O)CC)C2)n2c(F)cnc(N)c12. The molecule has 4 rings (SSSR count). The van der Waals surface area contributed by atoms with E-state index in [-0.39, 0.29) is 46.8 Å². The van der Waals surface area contributed by atoms with E-state index in [1.165, 1.54) is 22.6 Å². The van der Waals surface area contributed by atoms with Gasteiger partial charge >= 0.3 is 6.18 Å². The number of ether oxygens (including phenoxy) is 1. The van der Waals surface area contributed by atoms with Crippen LogP contribution >= 0.6 is 0 Å². The van der Waals surface area contributed by atoms with Gasteiger partial charge in [-0.1, -0.05) is 6.92 Å². The van der Waals surface area contributed by atoms with Gasteiger partial charge in [-0.3, -0.25) is 19.4 Å². The van der Waals surface area contributed by atoms with Crippen molar-refractivity contribution in [2.24, 2.45) is 0 Å². The highest BCUT2D eigenvalue weighted by Crippen LogP contribution is 2.38. The quantitative estimate of drug-likeness (QED) is 0.172. The summed E-state index contributed by atoms with van der Waals surface area (Å²) >= 11 is 0. The van der Waals surface area contributed by atoms with Crippen LogP contribution in [0.1, 0.15) is 55.2 Å². The number of fused-ring (bicyclic) bond motifs is 1. The minimum atomic E-state index is -4.74. The van der Waals surface area contributed by atoms with E-state index >= 15 is 4.39 Å². The van der Waals surface area contributed by atoms with Gasteiger partial charge in [-0.2, -0.15) is 17.6 Å². The number of benzene rings is 1. The molecule has 3 aromatic rings. The molecule has 1 aromatic carbocycles. The number of amides is 2. The Bertz CT molecular complexity index is 1580. The van der Waals surface area contributed by atoms with Gasteiger partial charge in [-0.15, -0.1) is 0 Å². The lowest BCUT2D eigenvalue weighted by Gasteiger charge is -2.32. The van der Waals surface area contributed by atoms with Gasteiger partial charge in [0.25, 0.3) is 5.91 Å². The zero-order chi connectivity index (χ0) is 31.5. The summed E-state index contributed by atoms with van der Waals surface area (Å²) in [7, 11) is 1.05. The van der Waals surface area contributed by atoms with Gasteiger partial charge in [0.15, 0.2) is 0 Å². The highest BCUT2D eigenvalue weighted by molar-refractivity contribution is 6.09. The van der Waals surface area contributed by atoms with E-state index < -0.39 is 29.6 Å². The molecule has 1 aliphatic rings. The first-order valence-electron chi connectivity index (χ1n) is 13.6. The molecule has 3 heterocycles. The number of allylic oxidation sites excluding steroid dienone is 1. The maximum Gasteiger partial charge on any atom is 0.431 e. The summed E-state index contributed by atoms with van der Waals surface area (Å²) in [6, 6.07) is 4.23. The largest absolute Gasteiger partial charge is 0.493 e. The summed E-state index contributed by atoms with van der Waals surface area (Å²) in [6.07, 6.45) is -1.57. The predicted molar refractivity (Wildman–Crippen MR) is 151 cm³/mol. The minimum absolute atomic E-state index is 0.00181. The third-order valence-corrected chi connectivity index (χ3v) is 7.02. The van der Waals surface area contributed by atoms with Crippen LogP contribution in [0.2, 0.25) is 0 Å². The van der Waals surface area contributed by atoms with Gasteiger partial charge in [0, 0.05) is 49.7 Å². The number of nitrogen functional groups attached to an aromatic ring is 1. The van der Waals surface area contributed by atoms with E-state index in [9.17, 15) is 22.8 Å². The molecule has 0 saturated carbocycles. The monoisotopic (exact) mass is 604 g/mol. The molecular weight excluding hydrogens is 572 g/mol. The Morgan fingerprint density at radius 2 is 2.02 bits per heavy atom. The number of imidazole rings is 1. The molecule has 0 aliphatic carbocycles. The van der Waals surface area contributed by atoms with Crippen LogP contribution in [0.5, 0.6) is 5.75 Å². The molecule has 1 unspecified atom stereocenters. The molecule has 1 atom stereocenters. The first-order chi connectivity index (χ1) is 20.4. The van der Waals surface area contributed by atoms with E-state index in [4.69, 9.17) is 20.9 Å². The maximum absolute atomic E-state index is 15.3. The number of nitrogens with zero attached hydrogens (tertiary/aromatic N) is 4. The number of carbonyl (C=O) groups is 2. The van der Waals surface area contributed by atoms with Crippen molar-refractivity contribution in [1.82, 2.24) is 29.9 Å². The standard InChI is InChI=1S/C28H32F4N8O3/c1-4-22(41)39-10-6-7-16(14-39)26-38-23(24-25(34)36-13-20(29)40(24)26)17-9-8-15(11-18(17)43-5-2)27(42)37-21(33)12-19(35-3)28(30,31)32/h8-9,11-13,16,35H,4-7,10,14H2,1-3H3,(H2,34,36)(H2,33,37,42)/b19-12-. The molecule has 43 heavy (non-hydrogen) atoms. The number of hydrogen-bond donors (Lipinski definition) is 4. The van der Waals surface area contributed by atoms with Gasteiger partial charge in [-0.05, 0) is 38.0 Å². The average molecular weight is 605 g/mol. The Hall–Kier alpha value is -4.69. The van der Waals surface area contributed by atoms with Crippen LogP contribution in [0, 0.1) is 11.4 Å². The Labute approximate surface area is 244 Å². The number of piperidine rings is 1. The van der Waals surface area contributed by atoms with Gasteiger partial charge in [0.05, 0.1) is 12.8 Å². The van der Waals surface area contributed by atoms with Gasteiger partial charge in [0.2, 0.25) is 11.9 Å². The first-order valence-corrected chi connectivity index (χ1v) is 13.6. The fourth-order valence-electron chi connectivity index (χ4n) is 5.04. The molecule has 0 spiro atoms. The van der Waals surface area contributed by atoms with Crippen molar-refractivity contribution in [2.75, 3.05) is 32.5 Å². The van der Waals surface area contributed by atoms with Crippen molar-refractivity contribution >= 4 is 29.0 Å². The van der Waals surface area contributed by atoms with E-state index in [1.807, 2.05) is 5.32 Å². The van der Waals surface area contributed by atoms with Crippen LogP contribution < -0.4 is 21.1 Å². The molecular formula is C28H32F4N8O3. The fourth-order valence-corrected chi connectivity index (χ4v) is 5.04. The first kappa shape index (κ1) is 31.3. The molecule has 0 radical (unpaired) electrons. The Balaban J connectivity index is 1.75. The van der Waals surface area contributed by atoms with E-state index in [0.717, 1.165) is 13.2 Å². The number of likely N-dealkylation sites (tertiary alicyclic amines) is 1. The molecule has 2 aromatic heterocycles. The highest BCUT2D eigenvalue weighted by Gasteiger charge is 2.34. The van der Waals surface area contributed by atoms with Crippen LogP contribution in [0.3, 0.4) is 0 Å². The number of anilines is 1. The maximum atomic E-state index is 15.3. The Morgan fingerprint density at radius 3 is 2.67 bits per heavy atom. The zero-order valence-electron chi connectivity index (χ0n) is 23.8. The van der Waals surface area contributed by atoms with Gasteiger partial charge < -0.3 is 26.0 Å². The van der Waals surface area contributed by atoms with Crippen molar-refractivity contribution in [2.45, 2.75) is 45.2 Å². The summed E-state index contributed by atoms with van der Waals surface area (Å²) in [6.45, 7) is 4.62. The van der Waals surface area contributed by atoms with E-state index in [2.05, 4.69) is 10.3 Å². The topological polar surface area (TPSA) is 151 Å². The van der Waals surface area contributed by atoms with Gasteiger partial charge in [0.1, 0.15) is 40.1 Å². The molecule has 11 nitrogen and oxygen atoms in total. The molecule has 230 valence electrons. The number of nitrogens with two attached hydrogens (primary N) is 1. The molecule has 15 heteroatoms. The van der Waals surface area contributed by atoms with Crippen LogP contribution in [-0.2, 0) is 4.79 Å². The van der Waals surface area contributed by atoms with Crippen molar-refractivity contribution in [3.05, 3.63) is 53.5 Å². The second-order valence-electron chi connectivity index (χ2n) is 9.82. The molecule has 2 amide bonds. The Kier molecular flexibility index (Phi) is 9.21. The zero-order valence-corrected chi connectivity index (χ0v) is 23.8. The average Bonchev–Trinajstić information content (AvgIpc) is 3.39.